The summed E-state index contributed by atoms with van der Waals surface area (Å²) in [6, 6.07) is 0. The molecule has 2 heteroatoms. The molecule has 0 saturated carbocycles. The van der Waals surface area contributed by atoms with Gasteiger partial charge in [0.05, 0.1) is 11.7 Å². The second kappa shape index (κ2) is 8.10. The van der Waals surface area contributed by atoms with Gasteiger partial charge in [-0.1, -0.05) is 27.2 Å². The summed E-state index contributed by atoms with van der Waals surface area (Å²) in [5, 5.41) is 10.0. The predicted molar refractivity (Wildman–Crippen MR) is 74.2 cm³/mol. The summed E-state index contributed by atoms with van der Waals surface area (Å²) in [4.78, 5) is 0. The normalized spacial score (nSPS) is 16.2. The molecule has 0 aromatic carbocycles. The number of aliphatic hydroxyl groups excluding tert-OH is 1. The number of hydrogen-bond acceptors (Lipinski definition) is 2. The van der Waals surface area contributed by atoms with E-state index in [1.54, 1.807) is 7.11 Å². The van der Waals surface area contributed by atoms with Crippen LogP contribution >= 0.6 is 0 Å². The van der Waals surface area contributed by atoms with Crippen LogP contribution in [0.4, 0.5) is 0 Å². The number of hydrogen-bond donors (Lipinski definition) is 1. The van der Waals surface area contributed by atoms with Crippen molar-refractivity contribution < 1.29 is 9.84 Å². The molecule has 0 saturated heterocycles. The van der Waals surface area contributed by atoms with E-state index in [9.17, 15) is 5.11 Å². The second-order valence-electron chi connectivity index (χ2n) is 6.37. The Labute approximate surface area is 108 Å². The Kier molecular flexibility index (Phi) is 8.06. The van der Waals surface area contributed by atoms with Crippen LogP contribution in [0.3, 0.4) is 0 Å². The third-order valence-corrected chi connectivity index (χ3v) is 3.69. The summed E-state index contributed by atoms with van der Waals surface area (Å²) in [6.07, 6.45) is 5.20. The first kappa shape index (κ1) is 16.9. The van der Waals surface area contributed by atoms with Gasteiger partial charge in [0.25, 0.3) is 0 Å². The maximum atomic E-state index is 10.0. The van der Waals surface area contributed by atoms with Crippen LogP contribution in [0.2, 0.25) is 0 Å². The van der Waals surface area contributed by atoms with Crippen LogP contribution in [0.25, 0.3) is 0 Å². The Morgan fingerprint density at radius 1 is 1.06 bits per heavy atom. The van der Waals surface area contributed by atoms with Crippen molar-refractivity contribution in [3.63, 3.8) is 0 Å². The van der Waals surface area contributed by atoms with Crippen molar-refractivity contribution in [3.8, 4) is 0 Å². The minimum absolute atomic E-state index is 0.0252. The largest absolute Gasteiger partial charge is 0.393 e. The summed E-state index contributed by atoms with van der Waals surface area (Å²) in [7, 11) is 1.76. The van der Waals surface area contributed by atoms with Crippen molar-refractivity contribution in [2.24, 2.45) is 11.8 Å². The van der Waals surface area contributed by atoms with Gasteiger partial charge in [0, 0.05) is 7.11 Å². The van der Waals surface area contributed by atoms with Gasteiger partial charge in [-0.2, -0.15) is 0 Å². The van der Waals surface area contributed by atoms with E-state index in [-0.39, 0.29) is 11.7 Å². The lowest BCUT2D eigenvalue weighted by Gasteiger charge is -2.25. The highest BCUT2D eigenvalue weighted by Crippen LogP contribution is 2.22. The van der Waals surface area contributed by atoms with E-state index in [1.165, 1.54) is 0 Å². The van der Waals surface area contributed by atoms with Crippen LogP contribution in [0.15, 0.2) is 0 Å². The SMILES string of the molecule is COC(C)(C)CCCC(C)C(O)CCC(C)C. The zero-order valence-corrected chi connectivity index (χ0v) is 12.6. The van der Waals surface area contributed by atoms with Gasteiger partial charge in [0.1, 0.15) is 0 Å². The average molecular weight is 244 g/mol. The Hall–Kier alpha value is -0.0800. The molecule has 0 aliphatic heterocycles. The summed E-state index contributed by atoms with van der Waals surface area (Å²) >= 11 is 0. The lowest BCUT2D eigenvalue weighted by Crippen LogP contribution is -2.23. The molecule has 0 heterocycles. The number of ether oxygens (including phenoxy) is 1. The van der Waals surface area contributed by atoms with E-state index in [4.69, 9.17) is 4.74 Å². The Bertz CT molecular complexity index is 187. The molecular weight excluding hydrogens is 212 g/mol. The van der Waals surface area contributed by atoms with Crippen LogP contribution in [0.5, 0.6) is 0 Å². The molecule has 0 bridgehead atoms. The first-order chi connectivity index (χ1) is 7.78. The van der Waals surface area contributed by atoms with Gasteiger partial charge in [-0.05, 0) is 51.4 Å². The number of methoxy groups -OCH3 is 1. The van der Waals surface area contributed by atoms with Crippen molar-refractivity contribution in [1.29, 1.82) is 0 Å². The first-order valence-corrected chi connectivity index (χ1v) is 7.01. The second-order valence-corrected chi connectivity index (χ2v) is 6.37. The van der Waals surface area contributed by atoms with Gasteiger partial charge in [0.15, 0.2) is 0 Å². The fourth-order valence-electron chi connectivity index (χ4n) is 1.93. The highest BCUT2D eigenvalue weighted by atomic mass is 16.5. The molecule has 17 heavy (non-hydrogen) atoms. The molecule has 2 nitrogen and oxygen atoms in total. The molecule has 0 aromatic rings. The molecule has 1 N–H and O–H groups in total. The molecule has 0 fully saturated rings. The highest BCUT2D eigenvalue weighted by molar-refractivity contribution is 4.71. The molecule has 0 aliphatic carbocycles. The van der Waals surface area contributed by atoms with Crippen LogP contribution < -0.4 is 0 Å². The standard InChI is InChI=1S/C15H32O2/c1-12(2)9-10-14(16)13(3)8-7-11-15(4,5)17-6/h12-14,16H,7-11H2,1-6H3. The molecule has 104 valence electrons. The minimum Gasteiger partial charge on any atom is -0.393 e. The summed E-state index contributed by atoms with van der Waals surface area (Å²) in [5.74, 6) is 1.09. The minimum atomic E-state index is -0.136. The van der Waals surface area contributed by atoms with Gasteiger partial charge >= 0.3 is 0 Å². The lowest BCUT2D eigenvalue weighted by atomic mass is 9.90. The summed E-state index contributed by atoms with van der Waals surface area (Å²) in [6.45, 7) is 10.8. The Balaban J connectivity index is 3.74. The van der Waals surface area contributed by atoms with Gasteiger partial charge in [-0.25, -0.2) is 0 Å². The van der Waals surface area contributed by atoms with E-state index >= 15 is 0 Å². The zero-order valence-electron chi connectivity index (χ0n) is 12.6. The fourth-order valence-corrected chi connectivity index (χ4v) is 1.93. The molecule has 0 radical (unpaired) electrons. The van der Waals surface area contributed by atoms with E-state index < -0.39 is 0 Å². The van der Waals surface area contributed by atoms with Crippen molar-refractivity contribution in [1.82, 2.24) is 0 Å². The first-order valence-electron chi connectivity index (χ1n) is 7.01. The van der Waals surface area contributed by atoms with E-state index in [0.29, 0.717) is 11.8 Å². The maximum absolute atomic E-state index is 10.0. The molecule has 2 atom stereocenters. The van der Waals surface area contributed by atoms with E-state index in [2.05, 4.69) is 34.6 Å². The third-order valence-electron chi connectivity index (χ3n) is 3.69. The molecule has 0 aromatic heterocycles. The van der Waals surface area contributed by atoms with Crippen molar-refractivity contribution >= 4 is 0 Å². The van der Waals surface area contributed by atoms with Crippen LogP contribution in [-0.4, -0.2) is 23.9 Å². The Morgan fingerprint density at radius 3 is 2.12 bits per heavy atom. The molecule has 2 unspecified atom stereocenters. The quantitative estimate of drug-likeness (QED) is 0.664. The maximum Gasteiger partial charge on any atom is 0.0622 e. The lowest BCUT2D eigenvalue weighted by molar-refractivity contribution is 0.0103. The van der Waals surface area contributed by atoms with Crippen LogP contribution in [-0.2, 0) is 4.74 Å². The molecule has 0 rings (SSSR count). The van der Waals surface area contributed by atoms with Gasteiger partial charge in [0.2, 0.25) is 0 Å². The fraction of sp³-hybridized carbons (Fsp3) is 1.00. The molecule has 0 aliphatic rings. The van der Waals surface area contributed by atoms with E-state index in [0.717, 1.165) is 32.1 Å². The smallest absolute Gasteiger partial charge is 0.0622 e. The molecular formula is C15H32O2. The zero-order chi connectivity index (χ0) is 13.5. The predicted octanol–water partition coefficient (Wildman–Crippen LogP) is 4.01. The monoisotopic (exact) mass is 244 g/mol. The number of aliphatic hydroxyl groups is 1. The van der Waals surface area contributed by atoms with Gasteiger partial charge in [-0.15, -0.1) is 0 Å². The molecule has 0 spiro atoms. The van der Waals surface area contributed by atoms with Crippen LogP contribution in [0, 0.1) is 11.8 Å². The summed E-state index contributed by atoms with van der Waals surface area (Å²) < 4.78 is 5.40. The highest BCUT2D eigenvalue weighted by Gasteiger charge is 2.18. The van der Waals surface area contributed by atoms with Crippen molar-refractivity contribution in [3.05, 3.63) is 0 Å². The summed E-state index contributed by atoms with van der Waals surface area (Å²) in [5.41, 5.74) is -0.0252. The van der Waals surface area contributed by atoms with E-state index in [1.807, 2.05) is 0 Å². The number of rotatable bonds is 9. The third kappa shape index (κ3) is 8.62. The van der Waals surface area contributed by atoms with Crippen molar-refractivity contribution in [2.75, 3.05) is 7.11 Å². The van der Waals surface area contributed by atoms with Crippen molar-refractivity contribution in [2.45, 2.75) is 78.4 Å². The Morgan fingerprint density at radius 2 is 1.65 bits per heavy atom. The van der Waals surface area contributed by atoms with Gasteiger partial charge < -0.3 is 9.84 Å². The van der Waals surface area contributed by atoms with Crippen LogP contribution in [0.1, 0.15) is 66.7 Å². The average Bonchev–Trinajstić information content (AvgIpc) is 2.25. The molecule has 0 amide bonds. The topological polar surface area (TPSA) is 29.5 Å². The van der Waals surface area contributed by atoms with Gasteiger partial charge in [-0.3, -0.25) is 0 Å².